The van der Waals surface area contributed by atoms with Crippen LogP contribution in [0.3, 0.4) is 0 Å². The molecule has 1 aliphatic heterocycles. The van der Waals surface area contributed by atoms with E-state index in [0.29, 0.717) is 37.8 Å². The Morgan fingerprint density at radius 3 is 2.37 bits per heavy atom. The molecule has 1 aliphatic rings. The van der Waals surface area contributed by atoms with Crippen molar-refractivity contribution in [1.82, 2.24) is 9.62 Å². The Labute approximate surface area is 176 Å². The Morgan fingerprint density at radius 2 is 1.73 bits per heavy atom. The third kappa shape index (κ3) is 5.29. The molecule has 1 unspecified atom stereocenters. The number of amides is 1. The number of hydrogen-bond acceptors (Lipinski definition) is 6. The van der Waals surface area contributed by atoms with E-state index in [0.717, 1.165) is 5.56 Å². The molecule has 3 rings (SSSR count). The second-order valence-electron chi connectivity index (χ2n) is 6.82. The minimum Gasteiger partial charge on any atom is -0.493 e. The predicted molar refractivity (Wildman–Crippen MR) is 111 cm³/mol. The maximum Gasteiger partial charge on any atom is 0.241 e. The van der Waals surface area contributed by atoms with Gasteiger partial charge in [-0.25, -0.2) is 8.42 Å². The predicted octanol–water partition coefficient (Wildman–Crippen LogP) is 1.45. The lowest BCUT2D eigenvalue weighted by atomic mass is 10.1. The van der Waals surface area contributed by atoms with Crippen LogP contribution < -0.4 is 14.2 Å². The summed E-state index contributed by atoms with van der Waals surface area (Å²) >= 11 is 0. The van der Waals surface area contributed by atoms with E-state index in [4.69, 9.17) is 14.2 Å². The number of carbonyl (C=O) groups excluding carboxylic acids is 1. The van der Waals surface area contributed by atoms with E-state index in [2.05, 4.69) is 4.72 Å². The second kappa shape index (κ2) is 9.92. The maximum absolute atomic E-state index is 13.1. The van der Waals surface area contributed by atoms with Gasteiger partial charge in [0.1, 0.15) is 6.04 Å². The number of methoxy groups -OCH3 is 2. The van der Waals surface area contributed by atoms with Gasteiger partial charge in [0.05, 0.1) is 32.3 Å². The molecule has 1 atom stereocenters. The highest BCUT2D eigenvalue weighted by atomic mass is 32.2. The zero-order chi connectivity index (χ0) is 21.6. The normalized spacial score (nSPS) is 15.5. The SMILES string of the molecule is COc1ccc(S(=O)(=O)NC(Cc2ccccc2)C(=O)N2CCOCC2)cc1OC. The maximum atomic E-state index is 13.1. The van der Waals surface area contributed by atoms with Crippen LogP contribution in [-0.2, 0) is 26.0 Å². The highest BCUT2D eigenvalue weighted by molar-refractivity contribution is 7.89. The van der Waals surface area contributed by atoms with Crippen LogP contribution in [-0.4, -0.2) is 65.8 Å². The summed E-state index contributed by atoms with van der Waals surface area (Å²) in [4.78, 5) is 14.8. The lowest BCUT2D eigenvalue weighted by Gasteiger charge is -2.30. The Hall–Kier alpha value is -2.62. The van der Waals surface area contributed by atoms with Crippen molar-refractivity contribution >= 4 is 15.9 Å². The van der Waals surface area contributed by atoms with Gasteiger partial charge in [-0.05, 0) is 24.1 Å². The van der Waals surface area contributed by atoms with Crippen LogP contribution in [0.4, 0.5) is 0 Å². The fourth-order valence-corrected chi connectivity index (χ4v) is 4.48. The van der Waals surface area contributed by atoms with Gasteiger partial charge in [0, 0.05) is 19.2 Å². The first-order valence-electron chi connectivity index (χ1n) is 9.59. The summed E-state index contributed by atoms with van der Waals surface area (Å²) in [6.07, 6.45) is 0.240. The van der Waals surface area contributed by atoms with E-state index >= 15 is 0 Å². The van der Waals surface area contributed by atoms with Crippen LogP contribution in [0.5, 0.6) is 11.5 Å². The number of nitrogens with one attached hydrogen (secondary N) is 1. The standard InChI is InChI=1S/C21H26N2O6S/c1-27-19-9-8-17(15-20(19)28-2)30(25,26)22-18(14-16-6-4-3-5-7-16)21(24)23-10-12-29-13-11-23/h3-9,15,18,22H,10-14H2,1-2H3. The quantitative estimate of drug-likeness (QED) is 0.676. The van der Waals surface area contributed by atoms with Crippen LogP contribution in [0, 0.1) is 0 Å². The van der Waals surface area contributed by atoms with Crippen molar-refractivity contribution in [2.45, 2.75) is 17.4 Å². The third-order valence-corrected chi connectivity index (χ3v) is 6.34. The number of nitrogens with zero attached hydrogens (tertiary/aromatic N) is 1. The third-order valence-electron chi connectivity index (χ3n) is 4.87. The highest BCUT2D eigenvalue weighted by Gasteiger charge is 2.30. The van der Waals surface area contributed by atoms with Gasteiger partial charge in [0.15, 0.2) is 11.5 Å². The summed E-state index contributed by atoms with van der Waals surface area (Å²) in [6, 6.07) is 12.7. The average molecular weight is 435 g/mol. The van der Waals surface area contributed by atoms with Gasteiger partial charge in [-0.3, -0.25) is 4.79 Å². The Balaban J connectivity index is 1.88. The molecule has 0 aromatic heterocycles. The first-order chi connectivity index (χ1) is 14.4. The Kier molecular flexibility index (Phi) is 7.30. The van der Waals surface area contributed by atoms with Crippen molar-refractivity contribution in [3.05, 3.63) is 54.1 Å². The van der Waals surface area contributed by atoms with Crippen LogP contribution in [0.2, 0.25) is 0 Å². The van der Waals surface area contributed by atoms with Gasteiger partial charge in [-0.2, -0.15) is 4.72 Å². The smallest absolute Gasteiger partial charge is 0.241 e. The molecular weight excluding hydrogens is 408 g/mol. The van der Waals surface area contributed by atoms with E-state index < -0.39 is 16.1 Å². The number of hydrogen-bond donors (Lipinski definition) is 1. The molecule has 8 nitrogen and oxygen atoms in total. The molecule has 2 aromatic carbocycles. The fraction of sp³-hybridized carbons (Fsp3) is 0.381. The molecule has 1 fully saturated rings. The van der Waals surface area contributed by atoms with E-state index in [-0.39, 0.29) is 17.2 Å². The second-order valence-corrected chi connectivity index (χ2v) is 8.53. The Bertz CT molecular complexity index is 959. The molecule has 0 spiro atoms. The average Bonchev–Trinajstić information content (AvgIpc) is 2.78. The van der Waals surface area contributed by atoms with Crippen molar-refractivity contribution in [1.29, 1.82) is 0 Å². The number of carbonyl (C=O) groups is 1. The molecule has 0 bridgehead atoms. The lowest BCUT2D eigenvalue weighted by Crippen LogP contribution is -2.52. The van der Waals surface area contributed by atoms with Gasteiger partial charge in [0.2, 0.25) is 15.9 Å². The largest absolute Gasteiger partial charge is 0.493 e. The minimum absolute atomic E-state index is 0.00649. The molecule has 30 heavy (non-hydrogen) atoms. The monoisotopic (exact) mass is 434 g/mol. The van der Waals surface area contributed by atoms with E-state index in [1.54, 1.807) is 4.90 Å². The van der Waals surface area contributed by atoms with Crippen LogP contribution in [0.25, 0.3) is 0 Å². The van der Waals surface area contributed by atoms with Crippen LogP contribution in [0.1, 0.15) is 5.56 Å². The van der Waals surface area contributed by atoms with Crippen molar-refractivity contribution in [2.24, 2.45) is 0 Å². The van der Waals surface area contributed by atoms with Gasteiger partial charge >= 0.3 is 0 Å². The van der Waals surface area contributed by atoms with Crippen LogP contribution in [0.15, 0.2) is 53.4 Å². The van der Waals surface area contributed by atoms with E-state index in [1.807, 2.05) is 30.3 Å². The van der Waals surface area contributed by atoms with Gasteiger partial charge in [-0.15, -0.1) is 0 Å². The zero-order valence-electron chi connectivity index (χ0n) is 17.0. The topological polar surface area (TPSA) is 94.2 Å². The number of ether oxygens (including phenoxy) is 3. The minimum atomic E-state index is -3.99. The first-order valence-corrected chi connectivity index (χ1v) is 11.1. The van der Waals surface area contributed by atoms with Crippen molar-refractivity contribution in [3.63, 3.8) is 0 Å². The van der Waals surface area contributed by atoms with Gasteiger partial charge < -0.3 is 19.1 Å². The molecule has 0 aliphatic carbocycles. The number of rotatable bonds is 8. The van der Waals surface area contributed by atoms with Crippen LogP contribution >= 0.6 is 0 Å². The zero-order valence-corrected chi connectivity index (χ0v) is 17.9. The molecule has 1 amide bonds. The molecule has 1 saturated heterocycles. The molecule has 0 saturated carbocycles. The fourth-order valence-electron chi connectivity index (χ4n) is 3.27. The summed E-state index contributed by atoms with van der Waals surface area (Å²) in [5, 5.41) is 0. The summed E-state index contributed by atoms with van der Waals surface area (Å²) < 4.78 is 44.4. The summed E-state index contributed by atoms with van der Waals surface area (Å²) in [7, 11) is -1.08. The molecule has 1 N–H and O–H groups in total. The van der Waals surface area contributed by atoms with Gasteiger partial charge in [0.25, 0.3) is 0 Å². The summed E-state index contributed by atoms with van der Waals surface area (Å²) in [5.41, 5.74) is 0.860. The molecular formula is C21H26N2O6S. The summed E-state index contributed by atoms with van der Waals surface area (Å²) in [5.74, 6) is 0.437. The van der Waals surface area contributed by atoms with Crippen molar-refractivity contribution < 1.29 is 27.4 Å². The lowest BCUT2D eigenvalue weighted by molar-refractivity contribution is -0.137. The highest BCUT2D eigenvalue weighted by Crippen LogP contribution is 2.29. The molecule has 9 heteroatoms. The number of morpholine rings is 1. The van der Waals surface area contributed by atoms with E-state index in [9.17, 15) is 13.2 Å². The first kappa shape index (κ1) is 22.1. The summed E-state index contributed by atoms with van der Waals surface area (Å²) in [6.45, 7) is 1.74. The van der Waals surface area contributed by atoms with Crippen molar-refractivity contribution in [3.8, 4) is 11.5 Å². The Morgan fingerprint density at radius 1 is 1.07 bits per heavy atom. The molecule has 1 heterocycles. The molecule has 0 radical (unpaired) electrons. The number of benzene rings is 2. The molecule has 162 valence electrons. The van der Waals surface area contributed by atoms with E-state index in [1.165, 1.54) is 32.4 Å². The number of sulfonamides is 1. The molecule has 2 aromatic rings. The van der Waals surface area contributed by atoms with Crippen molar-refractivity contribution in [2.75, 3.05) is 40.5 Å². The van der Waals surface area contributed by atoms with Gasteiger partial charge in [-0.1, -0.05) is 30.3 Å².